The molecule has 1 heterocycles. The summed E-state index contributed by atoms with van der Waals surface area (Å²) < 4.78 is 0. The molecule has 1 atom stereocenters. The molecule has 5 heteroatoms. The Morgan fingerprint density at radius 1 is 1.11 bits per heavy atom. The Labute approximate surface area is 227 Å². The number of unbranched alkanes of at least 4 members (excludes halogenated alkanes) is 2. The van der Waals surface area contributed by atoms with Crippen LogP contribution >= 0.6 is 0 Å². The summed E-state index contributed by atoms with van der Waals surface area (Å²) in [5.74, 6) is 0.837. The average Bonchev–Trinajstić information content (AvgIpc) is 3.47. The van der Waals surface area contributed by atoms with E-state index in [1.54, 1.807) is 6.08 Å². The van der Waals surface area contributed by atoms with Gasteiger partial charge in [0.1, 0.15) is 5.70 Å². The fraction of sp³-hybridized carbons (Fsp3) is 0.594. The van der Waals surface area contributed by atoms with Crippen molar-refractivity contribution >= 4 is 5.91 Å². The van der Waals surface area contributed by atoms with E-state index in [9.17, 15) is 4.79 Å². The van der Waals surface area contributed by atoms with Gasteiger partial charge in [-0.3, -0.25) is 4.79 Å². The Hall–Kier alpha value is -2.69. The molecule has 2 aliphatic rings. The maximum Gasteiger partial charge on any atom is 0.269 e. The van der Waals surface area contributed by atoms with E-state index in [0.717, 1.165) is 75.1 Å². The summed E-state index contributed by atoms with van der Waals surface area (Å²) in [7, 11) is 2.01. The number of likely N-dealkylation sites (N-methyl/N-ethyl adjacent to an activating group) is 1. The zero-order chi connectivity index (χ0) is 27.0. The highest BCUT2D eigenvalue weighted by atomic mass is 16.2. The maximum absolute atomic E-state index is 13.5. The van der Waals surface area contributed by atoms with Crippen molar-refractivity contribution in [1.82, 2.24) is 20.0 Å². The molecule has 0 radical (unpaired) electrons. The smallest absolute Gasteiger partial charge is 0.269 e. The molecule has 1 fully saturated rings. The van der Waals surface area contributed by atoms with E-state index in [-0.39, 0.29) is 5.91 Å². The number of carbonyl (C=O) groups excluding carboxylic acids is 1. The molecule has 1 N–H and O–H groups in total. The molecule has 0 aromatic carbocycles. The van der Waals surface area contributed by atoms with Crippen molar-refractivity contribution < 1.29 is 4.79 Å². The highest BCUT2D eigenvalue weighted by molar-refractivity contribution is 5.94. The molecule has 37 heavy (non-hydrogen) atoms. The largest absolute Gasteiger partial charge is 0.369 e. The quantitative estimate of drug-likeness (QED) is 0.140. The zero-order valence-corrected chi connectivity index (χ0v) is 24.1. The van der Waals surface area contributed by atoms with Gasteiger partial charge in [0.25, 0.3) is 5.91 Å². The van der Waals surface area contributed by atoms with E-state index in [1.807, 2.05) is 19.2 Å². The highest BCUT2D eigenvalue weighted by Crippen LogP contribution is 2.25. The summed E-state index contributed by atoms with van der Waals surface area (Å²) in [6, 6.07) is 0. The number of nitrogens with zero attached hydrogens (tertiary/aromatic N) is 3. The second kappa shape index (κ2) is 16.9. The topological polar surface area (TPSA) is 38.8 Å². The van der Waals surface area contributed by atoms with Crippen LogP contribution < -0.4 is 5.32 Å². The van der Waals surface area contributed by atoms with E-state index in [2.05, 4.69) is 72.2 Å². The van der Waals surface area contributed by atoms with Crippen LogP contribution in [-0.2, 0) is 4.79 Å². The molecule has 0 bridgehead atoms. The second-order valence-electron chi connectivity index (χ2n) is 10.3. The van der Waals surface area contributed by atoms with Gasteiger partial charge in [-0.05, 0) is 37.3 Å². The summed E-state index contributed by atoms with van der Waals surface area (Å²) in [5.41, 5.74) is 4.14. The van der Waals surface area contributed by atoms with Crippen molar-refractivity contribution in [2.24, 2.45) is 5.92 Å². The molecular formula is C32H52N4O. The summed E-state index contributed by atoms with van der Waals surface area (Å²) in [6.07, 6.45) is 21.8. The number of hydrogen-bond acceptors (Lipinski definition) is 4. The van der Waals surface area contributed by atoms with E-state index in [4.69, 9.17) is 0 Å². The number of nitrogens with one attached hydrogen (secondary N) is 1. The van der Waals surface area contributed by atoms with Gasteiger partial charge in [0.05, 0.1) is 5.70 Å². The molecule has 0 saturated carbocycles. The molecular weight excluding hydrogens is 456 g/mol. The number of carbonyl (C=O) groups is 1. The third-order valence-electron chi connectivity index (χ3n) is 7.72. The van der Waals surface area contributed by atoms with E-state index < -0.39 is 0 Å². The first-order valence-corrected chi connectivity index (χ1v) is 14.5. The number of rotatable bonds is 17. The summed E-state index contributed by atoms with van der Waals surface area (Å²) >= 11 is 0. The van der Waals surface area contributed by atoms with Gasteiger partial charge in [0, 0.05) is 52.0 Å². The number of amides is 1. The Kier molecular flexibility index (Phi) is 14.0. The average molecular weight is 509 g/mol. The summed E-state index contributed by atoms with van der Waals surface area (Å²) in [4.78, 5) is 20.3. The maximum atomic E-state index is 13.5. The van der Waals surface area contributed by atoms with Crippen molar-refractivity contribution in [2.45, 2.75) is 72.1 Å². The first-order valence-electron chi connectivity index (χ1n) is 14.5. The third-order valence-corrected chi connectivity index (χ3v) is 7.72. The molecule has 2 rings (SSSR count). The first-order chi connectivity index (χ1) is 18.0. The molecule has 0 aromatic heterocycles. The van der Waals surface area contributed by atoms with Gasteiger partial charge in [-0.1, -0.05) is 95.9 Å². The van der Waals surface area contributed by atoms with Crippen LogP contribution in [0.2, 0.25) is 0 Å². The van der Waals surface area contributed by atoms with Crippen molar-refractivity contribution in [3.63, 3.8) is 0 Å². The Morgan fingerprint density at radius 3 is 2.41 bits per heavy atom. The van der Waals surface area contributed by atoms with Gasteiger partial charge in [-0.2, -0.15) is 0 Å². The second-order valence-corrected chi connectivity index (χ2v) is 10.3. The molecule has 5 nitrogen and oxygen atoms in total. The Bertz CT molecular complexity index is 858. The minimum Gasteiger partial charge on any atom is -0.369 e. The van der Waals surface area contributed by atoms with Gasteiger partial charge in [0.2, 0.25) is 0 Å². The first kappa shape index (κ1) is 30.5. The van der Waals surface area contributed by atoms with Crippen LogP contribution in [0.15, 0.2) is 72.3 Å². The predicted molar refractivity (Wildman–Crippen MR) is 159 cm³/mol. The van der Waals surface area contributed by atoms with Crippen LogP contribution in [0.3, 0.4) is 0 Å². The lowest BCUT2D eigenvalue weighted by molar-refractivity contribution is -0.119. The molecule has 206 valence electrons. The molecule has 1 amide bonds. The van der Waals surface area contributed by atoms with Crippen LogP contribution in [0.5, 0.6) is 0 Å². The van der Waals surface area contributed by atoms with E-state index in [1.165, 1.54) is 44.1 Å². The lowest BCUT2D eigenvalue weighted by atomic mass is 9.94. The monoisotopic (exact) mass is 508 g/mol. The third kappa shape index (κ3) is 9.60. The molecule has 1 saturated heterocycles. The van der Waals surface area contributed by atoms with Gasteiger partial charge >= 0.3 is 0 Å². The normalized spacial score (nSPS) is 17.0. The molecule has 0 aromatic rings. The van der Waals surface area contributed by atoms with E-state index in [0.29, 0.717) is 0 Å². The lowest BCUT2D eigenvalue weighted by Gasteiger charge is -2.40. The minimum absolute atomic E-state index is 0.0140. The Balaban J connectivity index is 2.04. The van der Waals surface area contributed by atoms with Gasteiger partial charge in [-0.15, -0.1) is 0 Å². The SMILES string of the molecule is C=C/C=C/C(=C(\C(=O)NCCCCC(CC)CCCC)N(C)CC)N1CCN(C(=C)C2=CC=CC2)CC1. The highest BCUT2D eigenvalue weighted by Gasteiger charge is 2.26. The number of allylic oxidation sites excluding steroid dienone is 7. The zero-order valence-electron chi connectivity index (χ0n) is 24.1. The molecule has 1 unspecified atom stereocenters. The molecule has 1 aliphatic carbocycles. The standard InChI is InChI=1S/C32H52N4O/c1-7-11-17-28(9-3)18-15-16-22-33-32(37)31(34(6)10-4)30(21-12-8-2)36-25-23-35(24-26-36)27(5)29-19-13-14-20-29/h8,12-14,19,21,28H,2,5,7,9-11,15-18,20,22-26H2,1,3-4,6H3,(H,33,37)/b21-12+,31-30-. The Morgan fingerprint density at radius 2 is 1.81 bits per heavy atom. The van der Waals surface area contributed by atoms with E-state index >= 15 is 0 Å². The van der Waals surface area contributed by atoms with Crippen LogP contribution in [0.1, 0.15) is 72.1 Å². The predicted octanol–water partition coefficient (Wildman–Crippen LogP) is 6.41. The lowest BCUT2D eigenvalue weighted by Crippen LogP contribution is -2.47. The molecule has 1 aliphatic heterocycles. The van der Waals surface area contributed by atoms with Crippen molar-refractivity contribution in [2.75, 3.05) is 46.3 Å². The summed E-state index contributed by atoms with van der Waals surface area (Å²) in [6.45, 7) is 19.8. The number of hydrogen-bond donors (Lipinski definition) is 1. The van der Waals surface area contributed by atoms with Crippen molar-refractivity contribution in [3.05, 3.63) is 72.3 Å². The fourth-order valence-electron chi connectivity index (χ4n) is 5.11. The van der Waals surface area contributed by atoms with Crippen molar-refractivity contribution in [1.29, 1.82) is 0 Å². The fourth-order valence-corrected chi connectivity index (χ4v) is 5.11. The number of piperazine rings is 1. The minimum atomic E-state index is 0.0140. The van der Waals surface area contributed by atoms with Gasteiger partial charge < -0.3 is 20.0 Å². The summed E-state index contributed by atoms with van der Waals surface area (Å²) in [5, 5.41) is 3.23. The van der Waals surface area contributed by atoms with Gasteiger partial charge in [0.15, 0.2) is 0 Å². The van der Waals surface area contributed by atoms with Crippen molar-refractivity contribution in [3.8, 4) is 0 Å². The molecule has 0 spiro atoms. The van der Waals surface area contributed by atoms with Crippen LogP contribution in [0.25, 0.3) is 0 Å². The van der Waals surface area contributed by atoms with Crippen LogP contribution in [-0.4, -0.2) is 66.9 Å². The van der Waals surface area contributed by atoms with Crippen LogP contribution in [0, 0.1) is 5.92 Å². The van der Waals surface area contributed by atoms with Crippen LogP contribution in [0.4, 0.5) is 0 Å². The van der Waals surface area contributed by atoms with Gasteiger partial charge in [-0.25, -0.2) is 0 Å².